The predicted molar refractivity (Wildman–Crippen MR) is 85.2 cm³/mol. The Bertz CT molecular complexity index is 279. The zero-order valence-corrected chi connectivity index (χ0v) is 15.9. The maximum atomic E-state index is 5.95. The van der Waals surface area contributed by atoms with Gasteiger partial charge in [0, 0.05) is 27.4 Å². The molecule has 5 nitrogen and oxygen atoms in total. The first-order chi connectivity index (χ1) is 9.19. The van der Waals surface area contributed by atoms with Crippen molar-refractivity contribution in [2.24, 2.45) is 0 Å². The third-order valence-electron chi connectivity index (χ3n) is 2.69. The molecule has 0 aromatic carbocycles. The third-order valence-corrected chi connectivity index (χ3v) is 6.45. The first kappa shape index (κ1) is 20.0. The molecule has 0 aliphatic rings. The molecular formula is C13H30O5Si2. The monoisotopic (exact) mass is 322 g/mol. The van der Waals surface area contributed by atoms with Crippen LogP contribution in [0.15, 0.2) is 12.2 Å². The summed E-state index contributed by atoms with van der Waals surface area (Å²) in [5.41, 5.74) is 0.890. The highest BCUT2D eigenvalue weighted by Crippen LogP contribution is 2.17. The first-order valence-electron chi connectivity index (χ1n) is 6.80. The maximum absolute atomic E-state index is 5.95. The highest BCUT2D eigenvalue weighted by Gasteiger charge is 2.37. The van der Waals surface area contributed by atoms with Gasteiger partial charge in [0.05, 0.1) is 6.61 Å². The Hall–Kier alpha value is -0.0262. The molecular weight excluding hydrogens is 292 g/mol. The summed E-state index contributed by atoms with van der Waals surface area (Å²) in [6, 6.07) is 0.715. The minimum atomic E-state index is -2.50. The Morgan fingerprint density at radius 1 is 1.05 bits per heavy atom. The van der Waals surface area contributed by atoms with Crippen LogP contribution in [0, 0.1) is 0 Å². The Labute approximate surface area is 125 Å². The van der Waals surface area contributed by atoms with Crippen molar-refractivity contribution in [2.75, 3.05) is 27.9 Å². The van der Waals surface area contributed by atoms with E-state index in [2.05, 4.69) is 26.2 Å². The lowest BCUT2D eigenvalue weighted by atomic mass is 10.3. The van der Waals surface area contributed by atoms with Crippen LogP contribution in [-0.4, -0.2) is 51.3 Å². The molecule has 0 N–H and O–H groups in total. The molecule has 0 amide bonds. The lowest BCUT2D eigenvalue weighted by molar-refractivity contribution is -0.0594. The van der Waals surface area contributed by atoms with E-state index in [1.54, 1.807) is 21.3 Å². The van der Waals surface area contributed by atoms with Crippen molar-refractivity contribution in [1.82, 2.24) is 0 Å². The van der Waals surface area contributed by atoms with Crippen molar-refractivity contribution >= 4 is 17.1 Å². The van der Waals surface area contributed by atoms with Gasteiger partial charge in [-0.15, -0.1) is 0 Å². The molecule has 0 saturated heterocycles. The number of ether oxygens (including phenoxy) is 1. The molecule has 0 radical (unpaired) electrons. The van der Waals surface area contributed by atoms with E-state index in [1.807, 2.05) is 6.92 Å². The van der Waals surface area contributed by atoms with Crippen LogP contribution in [0.2, 0.25) is 25.7 Å². The van der Waals surface area contributed by atoms with Gasteiger partial charge in [-0.3, -0.25) is 0 Å². The van der Waals surface area contributed by atoms with Crippen molar-refractivity contribution in [2.45, 2.75) is 45.3 Å². The molecule has 1 unspecified atom stereocenters. The minimum absolute atomic E-state index is 0.328. The van der Waals surface area contributed by atoms with Gasteiger partial charge in [-0.1, -0.05) is 6.58 Å². The molecule has 0 spiro atoms. The third kappa shape index (κ3) is 7.68. The molecule has 1 atom stereocenters. The van der Waals surface area contributed by atoms with E-state index in [9.17, 15) is 0 Å². The largest absolute Gasteiger partial charge is 0.500 e. The van der Waals surface area contributed by atoms with Gasteiger partial charge in [-0.2, -0.15) is 0 Å². The molecule has 120 valence electrons. The fourth-order valence-corrected chi connectivity index (χ4v) is 4.23. The molecule has 0 bridgehead atoms. The molecule has 0 aromatic rings. The van der Waals surface area contributed by atoms with E-state index in [-0.39, 0.29) is 6.29 Å². The summed E-state index contributed by atoms with van der Waals surface area (Å²) in [7, 11) is 0.699. The van der Waals surface area contributed by atoms with E-state index in [0.717, 1.165) is 12.0 Å². The van der Waals surface area contributed by atoms with Crippen LogP contribution < -0.4 is 0 Å². The zero-order valence-electron chi connectivity index (χ0n) is 13.9. The Morgan fingerprint density at radius 3 is 1.90 bits per heavy atom. The molecule has 0 saturated carbocycles. The zero-order chi connectivity index (χ0) is 15.8. The molecule has 0 aromatic heterocycles. The van der Waals surface area contributed by atoms with Gasteiger partial charge in [0.2, 0.25) is 0 Å². The fourth-order valence-electron chi connectivity index (χ4n) is 1.63. The smallest absolute Gasteiger partial charge is 0.390 e. The van der Waals surface area contributed by atoms with Gasteiger partial charge in [0.1, 0.15) is 0 Å². The first-order valence-corrected chi connectivity index (χ1v) is 12.1. The van der Waals surface area contributed by atoms with Crippen LogP contribution >= 0.6 is 0 Å². The van der Waals surface area contributed by atoms with Crippen LogP contribution in [0.4, 0.5) is 0 Å². The van der Waals surface area contributed by atoms with E-state index in [1.165, 1.54) is 0 Å². The highest BCUT2D eigenvalue weighted by atomic mass is 28.4. The van der Waals surface area contributed by atoms with Gasteiger partial charge < -0.3 is 22.4 Å². The molecule has 0 heterocycles. The summed E-state index contributed by atoms with van der Waals surface area (Å²) in [6.45, 7) is 12.8. The van der Waals surface area contributed by atoms with Gasteiger partial charge >= 0.3 is 8.80 Å². The summed E-state index contributed by atoms with van der Waals surface area (Å²) >= 11 is 0. The molecule has 0 rings (SSSR count). The normalized spacial score (nSPS) is 14.3. The molecule has 7 heteroatoms. The summed E-state index contributed by atoms with van der Waals surface area (Å²) in [5.74, 6) is 0. The van der Waals surface area contributed by atoms with Crippen molar-refractivity contribution in [3.05, 3.63) is 12.2 Å². The summed E-state index contributed by atoms with van der Waals surface area (Å²) in [5, 5.41) is 0. The van der Waals surface area contributed by atoms with Crippen LogP contribution in [0.5, 0.6) is 0 Å². The van der Waals surface area contributed by atoms with Gasteiger partial charge in [0.15, 0.2) is 14.6 Å². The maximum Gasteiger partial charge on any atom is 0.500 e. The molecule has 0 aliphatic carbocycles. The van der Waals surface area contributed by atoms with E-state index >= 15 is 0 Å². The van der Waals surface area contributed by atoms with Crippen molar-refractivity contribution in [3.63, 3.8) is 0 Å². The quantitative estimate of drug-likeness (QED) is 0.253. The van der Waals surface area contributed by atoms with Gasteiger partial charge in [-0.05, 0) is 38.6 Å². The molecule has 0 fully saturated rings. The summed E-state index contributed by atoms with van der Waals surface area (Å²) in [4.78, 5) is 0. The average molecular weight is 323 g/mol. The van der Waals surface area contributed by atoms with E-state index in [4.69, 9.17) is 22.4 Å². The lowest BCUT2D eigenvalue weighted by Gasteiger charge is -2.27. The molecule has 20 heavy (non-hydrogen) atoms. The van der Waals surface area contributed by atoms with E-state index in [0.29, 0.717) is 12.7 Å². The number of rotatable bonds is 11. The average Bonchev–Trinajstić information content (AvgIpc) is 2.37. The topological polar surface area (TPSA) is 46.2 Å². The SMILES string of the molecule is C=C(C)C(OCCC[Si](OC)(OC)OC)O[Si](C)(C)C. The number of hydrogen-bond donors (Lipinski definition) is 0. The van der Waals surface area contributed by atoms with Crippen molar-refractivity contribution in [3.8, 4) is 0 Å². The van der Waals surface area contributed by atoms with Crippen LogP contribution in [0.3, 0.4) is 0 Å². The van der Waals surface area contributed by atoms with Crippen LogP contribution in [0.1, 0.15) is 13.3 Å². The predicted octanol–water partition coefficient (Wildman–Crippen LogP) is 3.02. The fraction of sp³-hybridized carbons (Fsp3) is 0.846. The second kappa shape index (κ2) is 9.09. The lowest BCUT2D eigenvalue weighted by Crippen LogP contribution is -2.43. The standard InChI is InChI=1S/C13H30O5Si2/c1-12(2)13(18-19(6,7)8)17-10-9-11-20(14-3,15-4)16-5/h13H,1,9-11H2,2-8H3. The van der Waals surface area contributed by atoms with Crippen molar-refractivity contribution in [1.29, 1.82) is 0 Å². The van der Waals surface area contributed by atoms with Gasteiger partial charge in [-0.25, -0.2) is 0 Å². The van der Waals surface area contributed by atoms with Gasteiger partial charge in [0.25, 0.3) is 0 Å². The second-order valence-electron chi connectivity index (χ2n) is 5.68. The Balaban J connectivity index is 4.22. The minimum Gasteiger partial charge on any atom is -0.390 e. The van der Waals surface area contributed by atoms with Crippen LogP contribution in [0.25, 0.3) is 0 Å². The number of hydrogen-bond acceptors (Lipinski definition) is 5. The van der Waals surface area contributed by atoms with Crippen LogP contribution in [-0.2, 0) is 22.4 Å². The second-order valence-corrected chi connectivity index (χ2v) is 13.2. The van der Waals surface area contributed by atoms with E-state index < -0.39 is 17.1 Å². The Kier molecular flexibility index (Phi) is 9.07. The van der Waals surface area contributed by atoms with Crippen molar-refractivity contribution < 1.29 is 22.4 Å². The Morgan fingerprint density at radius 2 is 1.55 bits per heavy atom. The molecule has 0 aliphatic heterocycles. The summed E-state index contributed by atoms with van der Waals surface area (Å²) < 4.78 is 27.8. The summed E-state index contributed by atoms with van der Waals surface area (Å²) in [6.07, 6.45) is 0.464. The highest BCUT2D eigenvalue weighted by molar-refractivity contribution is 6.69.